The van der Waals surface area contributed by atoms with E-state index in [1.54, 1.807) is 0 Å². The van der Waals surface area contributed by atoms with Gasteiger partial charge in [-0.25, -0.2) is 4.79 Å². The molecule has 0 aliphatic heterocycles. The van der Waals surface area contributed by atoms with E-state index in [2.05, 4.69) is 36.1 Å². The van der Waals surface area contributed by atoms with E-state index in [9.17, 15) is 9.59 Å². The van der Waals surface area contributed by atoms with E-state index in [0.717, 1.165) is 5.56 Å². The third-order valence-electron chi connectivity index (χ3n) is 3.58. The Morgan fingerprint density at radius 3 is 2.44 bits per heavy atom. The van der Waals surface area contributed by atoms with Gasteiger partial charge in [-0.05, 0) is 23.6 Å². The Morgan fingerprint density at radius 2 is 1.80 bits per heavy atom. The fourth-order valence-corrected chi connectivity index (χ4v) is 2.70. The third-order valence-corrected chi connectivity index (χ3v) is 4.41. The summed E-state index contributed by atoms with van der Waals surface area (Å²) in [5.74, 6) is -0.392. The number of aromatic nitrogens is 4. The molecule has 2 rings (SSSR count). The van der Waals surface area contributed by atoms with E-state index >= 15 is 0 Å². The number of ether oxygens (including phenoxy) is 2. The van der Waals surface area contributed by atoms with Crippen LogP contribution in [0.2, 0.25) is 0 Å². The molecule has 0 saturated carbocycles. The summed E-state index contributed by atoms with van der Waals surface area (Å²) in [6.07, 6.45) is 1.18. The summed E-state index contributed by atoms with van der Waals surface area (Å²) in [6, 6.07) is 8.96. The SMILES string of the molecule is COC(=O)C(Br)CCC(C(=O)OC)n1nnc(Cc2ccccc2)n1. The number of methoxy groups -OCH3 is 2. The fourth-order valence-electron chi connectivity index (χ4n) is 2.25. The zero-order valence-corrected chi connectivity index (χ0v) is 15.5. The molecule has 2 unspecified atom stereocenters. The highest BCUT2D eigenvalue weighted by atomic mass is 79.9. The molecule has 134 valence electrons. The van der Waals surface area contributed by atoms with E-state index in [-0.39, 0.29) is 0 Å². The third kappa shape index (κ3) is 5.35. The molecular weight excluding hydrogens is 392 g/mol. The van der Waals surface area contributed by atoms with Crippen molar-refractivity contribution in [2.75, 3.05) is 14.2 Å². The molecule has 0 fully saturated rings. The molecule has 1 aromatic heterocycles. The minimum atomic E-state index is -0.758. The highest BCUT2D eigenvalue weighted by Gasteiger charge is 2.27. The Hall–Kier alpha value is -2.29. The van der Waals surface area contributed by atoms with E-state index in [4.69, 9.17) is 4.74 Å². The van der Waals surface area contributed by atoms with E-state index < -0.39 is 22.8 Å². The number of alkyl halides is 1. The number of carbonyl (C=O) groups is 2. The second-order valence-electron chi connectivity index (χ2n) is 5.30. The van der Waals surface area contributed by atoms with Crippen molar-refractivity contribution in [1.29, 1.82) is 0 Å². The van der Waals surface area contributed by atoms with Crippen molar-refractivity contribution in [1.82, 2.24) is 20.2 Å². The van der Waals surface area contributed by atoms with Crippen molar-refractivity contribution in [3.63, 3.8) is 0 Å². The lowest BCUT2D eigenvalue weighted by Crippen LogP contribution is -2.25. The number of nitrogens with zero attached hydrogens (tertiary/aromatic N) is 4. The lowest BCUT2D eigenvalue weighted by atomic mass is 10.1. The number of benzene rings is 1. The van der Waals surface area contributed by atoms with Crippen molar-refractivity contribution in [3.05, 3.63) is 41.7 Å². The molecule has 0 amide bonds. The van der Waals surface area contributed by atoms with Gasteiger partial charge in [0.1, 0.15) is 4.83 Å². The van der Waals surface area contributed by atoms with Crippen molar-refractivity contribution < 1.29 is 19.1 Å². The minimum Gasteiger partial charge on any atom is -0.468 e. The smallest absolute Gasteiger partial charge is 0.332 e. The van der Waals surface area contributed by atoms with Crippen molar-refractivity contribution >= 4 is 27.9 Å². The van der Waals surface area contributed by atoms with Gasteiger partial charge in [0.05, 0.1) is 14.2 Å². The monoisotopic (exact) mass is 410 g/mol. The number of carbonyl (C=O) groups excluding carboxylic acids is 2. The Morgan fingerprint density at radius 1 is 1.12 bits per heavy atom. The van der Waals surface area contributed by atoms with Crippen LogP contribution < -0.4 is 0 Å². The summed E-state index contributed by atoms with van der Waals surface area (Å²) < 4.78 is 9.47. The van der Waals surface area contributed by atoms with Gasteiger partial charge in [-0.3, -0.25) is 4.79 Å². The highest BCUT2D eigenvalue weighted by Crippen LogP contribution is 2.19. The van der Waals surface area contributed by atoms with Crippen LogP contribution in [0.25, 0.3) is 0 Å². The molecule has 0 saturated heterocycles. The van der Waals surface area contributed by atoms with E-state index in [1.807, 2.05) is 30.3 Å². The molecule has 25 heavy (non-hydrogen) atoms. The highest BCUT2D eigenvalue weighted by molar-refractivity contribution is 9.10. The molecule has 0 N–H and O–H groups in total. The van der Waals surface area contributed by atoms with Crippen LogP contribution in [0, 0.1) is 0 Å². The Balaban J connectivity index is 2.07. The summed E-state index contributed by atoms with van der Waals surface area (Å²) in [5, 5.41) is 12.2. The number of halogens is 1. The summed E-state index contributed by atoms with van der Waals surface area (Å²) in [5.41, 5.74) is 1.04. The number of esters is 2. The van der Waals surface area contributed by atoms with Crippen molar-refractivity contribution in [2.24, 2.45) is 0 Å². The maximum absolute atomic E-state index is 12.0. The summed E-state index contributed by atoms with van der Waals surface area (Å²) in [6.45, 7) is 0. The van der Waals surface area contributed by atoms with Gasteiger partial charge < -0.3 is 9.47 Å². The molecule has 1 heterocycles. The topological polar surface area (TPSA) is 96.2 Å². The van der Waals surface area contributed by atoms with Crippen LogP contribution in [0.15, 0.2) is 30.3 Å². The number of hydrogen-bond acceptors (Lipinski definition) is 7. The standard InChI is InChI=1S/C16H19BrN4O4/c1-24-15(22)12(17)8-9-13(16(23)25-2)21-19-14(18-20-21)10-11-6-4-3-5-7-11/h3-7,12-13H,8-10H2,1-2H3. The summed E-state index contributed by atoms with van der Waals surface area (Å²) in [4.78, 5) is 24.2. The van der Waals surface area contributed by atoms with E-state index in [1.165, 1.54) is 19.0 Å². The average molecular weight is 411 g/mol. The first-order chi connectivity index (χ1) is 12.0. The molecule has 0 aliphatic carbocycles. The van der Waals surface area contributed by atoms with Gasteiger partial charge in [0.25, 0.3) is 0 Å². The number of tetrazole rings is 1. The molecule has 0 bridgehead atoms. The first-order valence-corrected chi connectivity index (χ1v) is 8.58. The second kappa shape index (κ2) is 9.26. The van der Waals surface area contributed by atoms with Gasteiger partial charge in [0.2, 0.25) is 0 Å². The maximum atomic E-state index is 12.0. The Labute approximate surface area is 153 Å². The zero-order chi connectivity index (χ0) is 18.2. The number of rotatable bonds is 8. The molecule has 0 aliphatic rings. The fraction of sp³-hybridized carbons (Fsp3) is 0.438. The maximum Gasteiger partial charge on any atom is 0.332 e. The number of hydrogen-bond donors (Lipinski definition) is 0. The van der Waals surface area contributed by atoms with Crippen molar-refractivity contribution in [3.8, 4) is 0 Å². The summed E-state index contributed by atoms with van der Waals surface area (Å²) in [7, 11) is 2.60. The molecule has 8 nitrogen and oxygen atoms in total. The van der Waals surface area contributed by atoms with Crippen LogP contribution in [0.5, 0.6) is 0 Å². The van der Waals surface area contributed by atoms with Gasteiger partial charge in [0.15, 0.2) is 11.9 Å². The molecule has 0 radical (unpaired) electrons. The molecule has 0 spiro atoms. The molecular formula is C16H19BrN4O4. The molecule has 1 aromatic carbocycles. The normalized spacial score (nSPS) is 13.1. The molecule has 2 atom stereocenters. The van der Waals surface area contributed by atoms with Crippen LogP contribution in [0.4, 0.5) is 0 Å². The second-order valence-corrected chi connectivity index (χ2v) is 6.40. The Kier molecular flexibility index (Phi) is 7.05. The van der Waals surface area contributed by atoms with Crippen LogP contribution in [0.3, 0.4) is 0 Å². The lowest BCUT2D eigenvalue weighted by Gasteiger charge is -2.14. The van der Waals surface area contributed by atoms with Crippen LogP contribution in [-0.4, -0.2) is 51.2 Å². The van der Waals surface area contributed by atoms with Gasteiger partial charge in [-0.15, -0.1) is 15.0 Å². The van der Waals surface area contributed by atoms with Crippen LogP contribution >= 0.6 is 15.9 Å². The first-order valence-electron chi connectivity index (χ1n) is 7.67. The summed E-state index contributed by atoms with van der Waals surface area (Å²) >= 11 is 3.23. The largest absolute Gasteiger partial charge is 0.468 e. The van der Waals surface area contributed by atoms with E-state index in [0.29, 0.717) is 25.1 Å². The van der Waals surface area contributed by atoms with Gasteiger partial charge >= 0.3 is 11.9 Å². The molecule has 9 heteroatoms. The average Bonchev–Trinajstić information content (AvgIpc) is 3.09. The van der Waals surface area contributed by atoms with Gasteiger partial charge in [0, 0.05) is 6.42 Å². The predicted octanol–water partition coefficient (Wildman–Crippen LogP) is 1.69. The minimum absolute atomic E-state index is 0.304. The van der Waals surface area contributed by atoms with Crippen molar-refractivity contribution in [2.45, 2.75) is 30.1 Å². The first kappa shape index (κ1) is 19.0. The predicted molar refractivity (Wildman–Crippen MR) is 92.1 cm³/mol. The molecule has 2 aromatic rings. The quantitative estimate of drug-likeness (QED) is 0.482. The Bertz CT molecular complexity index is 707. The van der Waals surface area contributed by atoms with Gasteiger partial charge in [-0.1, -0.05) is 46.3 Å². The lowest BCUT2D eigenvalue weighted by molar-refractivity contribution is -0.146. The van der Waals surface area contributed by atoms with Crippen LogP contribution in [-0.2, 0) is 25.5 Å². The van der Waals surface area contributed by atoms with Crippen LogP contribution in [0.1, 0.15) is 30.3 Å². The zero-order valence-electron chi connectivity index (χ0n) is 14.0. The van der Waals surface area contributed by atoms with Gasteiger partial charge in [-0.2, -0.15) is 0 Å².